The van der Waals surface area contributed by atoms with Gasteiger partial charge in [-0.25, -0.2) is 0 Å². The maximum Gasteiger partial charge on any atom is 0.223 e. The van der Waals surface area contributed by atoms with Crippen LogP contribution in [0.15, 0.2) is 24.3 Å². The molecule has 0 saturated carbocycles. The van der Waals surface area contributed by atoms with Gasteiger partial charge in [0.2, 0.25) is 11.8 Å². The lowest BCUT2D eigenvalue weighted by atomic mass is 9.96. The Morgan fingerprint density at radius 2 is 1.92 bits per heavy atom. The molecule has 1 atom stereocenters. The van der Waals surface area contributed by atoms with Crippen LogP contribution in [0.1, 0.15) is 36.8 Å². The standard InChI is InChI=1S/C20H30N4O2/c21-19(25)18-5-2-10-24(14-18)13-16-4-1-3-15(11-16)12-23-20(26)17-6-8-22-9-7-17/h1,3-4,11,17-18,22H,2,5-10,12-14H2,(H2,21,25)(H,23,26). The van der Waals surface area contributed by atoms with Crippen molar-refractivity contribution >= 4 is 11.8 Å². The molecule has 2 heterocycles. The predicted molar refractivity (Wildman–Crippen MR) is 101 cm³/mol. The van der Waals surface area contributed by atoms with Crippen LogP contribution in [-0.2, 0) is 22.7 Å². The zero-order chi connectivity index (χ0) is 18.4. The van der Waals surface area contributed by atoms with Crippen LogP contribution in [0.4, 0.5) is 0 Å². The van der Waals surface area contributed by atoms with Gasteiger partial charge in [-0.2, -0.15) is 0 Å². The Bertz CT molecular complexity index is 628. The summed E-state index contributed by atoms with van der Waals surface area (Å²) in [7, 11) is 0. The van der Waals surface area contributed by atoms with E-state index in [-0.39, 0.29) is 23.7 Å². The highest BCUT2D eigenvalue weighted by molar-refractivity contribution is 5.78. The van der Waals surface area contributed by atoms with E-state index in [4.69, 9.17) is 5.73 Å². The maximum atomic E-state index is 12.3. The summed E-state index contributed by atoms with van der Waals surface area (Å²) in [6.45, 7) is 4.98. The highest BCUT2D eigenvalue weighted by Crippen LogP contribution is 2.19. The summed E-state index contributed by atoms with van der Waals surface area (Å²) < 4.78 is 0. The van der Waals surface area contributed by atoms with Crippen LogP contribution in [0, 0.1) is 11.8 Å². The minimum Gasteiger partial charge on any atom is -0.369 e. The molecular formula is C20H30N4O2. The Morgan fingerprint density at radius 1 is 1.15 bits per heavy atom. The van der Waals surface area contributed by atoms with Gasteiger partial charge in [-0.15, -0.1) is 0 Å². The molecule has 2 aliphatic rings. The van der Waals surface area contributed by atoms with E-state index < -0.39 is 0 Å². The molecule has 0 aromatic heterocycles. The van der Waals surface area contributed by atoms with Gasteiger partial charge in [-0.1, -0.05) is 24.3 Å². The van der Waals surface area contributed by atoms with Crippen LogP contribution >= 0.6 is 0 Å². The lowest BCUT2D eigenvalue weighted by molar-refractivity contribution is -0.126. The molecular weight excluding hydrogens is 328 g/mol. The second-order valence-electron chi connectivity index (χ2n) is 7.54. The van der Waals surface area contributed by atoms with E-state index in [9.17, 15) is 9.59 Å². The quantitative estimate of drug-likeness (QED) is 0.708. The van der Waals surface area contributed by atoms with Gasteiger partial charge in [-0.05, 0) is 56.4 Å². The molecule has 0 spiro atoms. The summed E-state index contributed by atoms with van der Waals surface area (Å²) in [6, 6.07) is 8.34. The third-order valence-corrected chi connectivity index (χ3v) is 5.48. The van der Waals surface area contributed by atoms with Gasteiger partial charge in [0.1, 0.15) is 0 Å². The van der Waals surface area contributed by atoms with Gasteiger partial charge in [0.25, 0.3) is 0 Å². The molecule has 4 N–H and O–H groups in total. The monoisotopic (exact) mass is 358 g/mol. The molecule has 1 aromatic carbocycles. The SMILES string of the molecule is NC(=O)C1CCCN(Cc2cccc(CNC(=O)C3CCNCC3)c2)C1. The molecule has 2 aliphatic heterocycles. The van der Waals surface area contributed by atoms with E-state index >= 15 is 0 Å². The fourth-order valence-corrected chi connectivity index (χ4v) is 3.95. The van der Waals surface area contributed by atoms with E-state index in [0.717, 1.165) is 64.0 Å². The molecule has 0 aliphatic carbocycles. The summed E-state index contributed by atoms with van der Waals surface area (Å²) in [5, 5.41) is 6.37. The van der Waals surface area contributed by atoms with Crippen LogP contribution in [-0.4, -0.2) is 42.9 Å². The van der Waals surface area contributed by atoms with Crippen molar-refractivity contribution in [3.8, 4) is 0 Å². The maximum absolute atomic E-state index is 12.3. The van der Waals surface area contributed by atoms with Crippen molar-refractivity contribution < 1.29 is 9.59 Å². The minimum absolute atomic E-state index is 0.0313. The van der Waals surface area contributed by atoms with Gasteiger partial charge in [-0.3, -0.25) is 14.5 Å². The molecule has 1 unspecified atom stereocenters. The Hall–Kier alpha value is -1.92. The van der Waals surface area contributed by atoms with Gasteiger partial charge in [0.05, 0.1) is 5.92 Å². The second-order valence-corrected chi connectivity index (χ2v) is 7.54. The number of piperidine rings is 2. The lowest BCUT2D eigenvalue weighted by Gasteiger charge is -2.31. The number of nitrogens with two attached hydrogens (primary N) is 1. The first kappa shape index (κ1) is 18.9. The zero-order valence-electron chi connectivity index (χ0n) is 15.4. The average Bonchev–Trinajstić information content (AvgIpc) is 2.67. The predicted octanol–water partition coefficient (Wildman–Crippen LogP) is 1.000. The first-order valence-electron chi connectivity index (χ1n) is 9.70. The molecule has 26 heavy (non-hydrogen) atoms. The van der Waals surface area contributed by atoms with Crippen molar-refractivity contribution in [1.29, 1.82) is 0 Å². The number of primary amides is 1. The third kappa shape index (κ3) is 5.29. The largest absolute Gasteiger partial charge is 0.369 e. The Labute approximate surface area is 155 Å². The number of carbonyl (C=O) groups excluding carboxylic acids is 2. The molecule has 142 valence electrons. The topological polar surface area (TPSA) is 87.5 Å². The van der Waals surface area contributed by atoms with Crippen molar-refractivity contribution in [3.63, 3.8) is 0 Å². The van der Waals surface area contributed by atoms with E-state index in [1.54, 1.807) is 0 Å². The van der Waals surface area contributed by atoms with Crippen LogP contribution in [0.2, 0.25) is 0 Å². The van der Waals surface area contributed by atoms with Crippen molar-refractivity contribution in [2.24, 2.45) is 17.6 Å². The summed E-state index contributed by atoms with van der Waals surface area (Å²) in [4.78, 5) is 26.0. The molecule has 0 bridgehead atoms. The highest BCUT2D eigenvalue weighted by Gasteiger charge is 2.24. The molecule has 1 aromatic rings. The van der Waals surface area contributed by atoms with Gasteiger partial charge >= 0.3 is 0 Å². The van der Waals surface area contributed by atoms with Gasteiger partial charge in [0.15, 0.2) is 0 Å². The van der Waals surface area contributed by atoms with E-state index in [1.165, 1.54) is 5.56 Å². The molecule has 0 radical (unpaired) electrons. The van der Waals surface area contributed by atoms with Crippen LogP contribution in [0.25, 0.3) is 0 Å². The number of amides is 2. The normalized spacial score (nSPS) is 22.1. The van der Waals surface area contributed by atoms with Crippen molar-refractivity contribution in [2.75, 3.05) is 26.2 Å². The average molecular weight is 358 g/mol. The summed E-state index contributed by atoms with van der Waals surface area (Å²) in [5.74, 6) is 0.0797. The number of carbonyl (C=O) groups is 2. The lowest BCUT2D eigenvalue weighted by Crippen LogP contribution is -2.40. The number of nitrogens with one attached hydrogen (secondary N) is 2. The Morgan fingerprint density at radius 3 is 2.69 bits per heavy atom. The van der Waals surface area contributed by atoms with E-state index in [0.29, 0.717) is 6.54 Å². The minimum atomic E-state index is -0.191. The number of rotatable bonds is 6. The number of benzene rings is 1. The summed E-state index contributed by atoms with van der Waals surface area (Å²) >= 11 is 0. The number of hydrogen-bond acceptors (Lipinski definition) is 4. The first-order chi connectivity index (χ1) is 12.6. The highest BCUT2D eigenvalue weighted by atomic mass is 16.2. The fraction of sp³-hybridized carbons (Fsp3) is 0.600. The molecule has 3 rings (SSSR count). The Balaban J connectivity index is 1.51. The van der Waals surface area contributed by atoms with Crippen LogP contribution in [0.5, 0.6) is 0 Å². The molecule has 6 heteroatoms. The summed E-state index contributed by atoms with van der Waals surface area (Å²) in [6.07, 6.45) is 3.75. The second kappa shape index (κ2) is 9.14. The zero-order valence-corrected chi connectivity index (χ0v) is 15.4. The van der Waals surface area contributed by atoms with E-state index in [1.807, 2.05) is 6.07 Å². The van der Waals surface area contributed by atoms with Crippen molar-refractivity contribution in [2.45, 2.75) is 38.8 Å². The third-order valence-electron chi connectivity index (χ3n) is 5.48. The van der Waals surface area contributed by atoms with Crippen LogP contribution < -0.4 is 16.4 Å². The van der Waals surface area contributed by atoms with E-state index in [2.05, 4.69) is 33.7 Å². The molecule has 2 amide bonds. The fourth-order valence-electron chi connectivity index (χ4n) is 3.95. The molecule has 2 fully saturated rings. The first-order valence-corrected chi connectivity index (χ1v) is 9.70. The van der Waals surface area contributed by atoms with Crippen molar-refractivity contribution in [3.05, 3.63) is 35.4 Å². The number of likely N-dealkylation sites (tertiary alicyclic amines) is 1. The Kier molecular flexibility index (Phi) is 6.63. The van der Waals surface area contributed by atoms with Gasteiger partial charge in [0, 0.05) is 25.6 Å². The number of nitrogens with zero attached hydrogens (tertiary/aromatic N) is 1. The summed E-state index contributed by atoms with van der Waals surface area (Å²) in [5.41, 5.74) is 7.80. The van der Waals surface area contributed by atoms with Crippen LogP contribution in [0.3, 0.4) is 0 Å². The smallest absolute Gasteiger partial charge is 0.223 e. The van der Waals surface area contributed by atoms with Gasteiger partial charge < -0.3 is 16.4 Å². The molecule has 6 nitrogen and oxygen atoms in total. The molecule has 2 saturated heterocycles. The van der Waals surface area contributed by atoms with Crippen molar-refractivity contribution in [1.82, 2.24) is 15.5 Å². The number of hydrogen-bond donors (Lipinski definition) is 3.